The van der Waals surface area contributed by atoms with Crippen LogP contribution in [-0.4, -0.2) is 84.1 Å². The molecule has 0 amide bonds. The van der Waals surface area contributed by atoms with Crippen molar-refractivity contribution >= 4 is 0 Å². The maximum absolute atomic E-state index is 9.66. The molecule has 1 aliphatic rings. The minimum atomic E-state index is -1.46. The van der Waals surface area contributed by atoms with Gasteiger partial charge in [-0.1, -0.05) is 5.11 Å². The number of aliphatic hydroxyl groups excluding tert-OH is 4. The molecule has 10 nitrogen and oxygen atoms in total. The Balaban J connectivity index is 2.26. The maximum Gasteiger partial charge on any atom is 0.186 e. The Morgan fingerprint density at radius 3 is 2.50 bits per heavy atom. The summed E-state index contributed by atoms with van der Waals surface area (Å²) in [4.78, 5) is 2.56. The first-order valence-corrected chi connectivity index (χ1v) is 6.12. The molecule has 1 heterocycles. The zero-order valence-corrected chi connectivity index (χ0v) is 10.8. The molecule has 0 aliphatic carbocycles. The Bertz CT molecular complexity index is 324. The van der Waals surface area contributed by atoms with Gasteiger partial charge in [-0.25, -0.2) is 0 Å². The molecule has 0 spiro atoms. The van der Waals surface area contributed by atoms with Crippen LogP contribution < -0.4 is 0 Å². The first-order valence-electron chi connectivity index (χ1n) is 6.12. The third-order valence-electron chi connectivity index (χ3n) is 2.76. The van der Waals surface area contributed by atoms with Crippen molar-refractivity contribution in [1.82, 2.24) is 0 Å². The molecule has 1 saturated heterocycles. The van der Waals surface area contributed by atoms with E-state index in [2.05, 4.69) is 10.0 Å². The highest BCUT2D eigenvalue weighted by atomic mass is 16.7. The molecule has 0 aromatic carbocycles. The molecule has 2 unspecified atom stereocenters. The predicted octanol–water partition coefficient (Wildman–Crippen LogP) is -1.87. The molecular weight excluding hydrogens is 274 g/mol. The van der Waals surface area contributed by atoms with Crippen molar-refractivity contribution in [3.8, 4) is 0 Å². The number of hydrogen-bond acceptors (Lipinski definition) is 8. The highest BCUT2D eigenvalue weighted by Gasteiger charge is 2.43. The smallest absolute Gasteiger partial charge is 0.186 e. The summed E-state index contributed by atoms with van der Waals surface area (Å²) in [5.41, 5.74) is 8.03. The van der Waals surface area contributed by atoms with Crippen LogP contribution in [-0.2, 0) is 14.2 Å². The van der Waals surface area contributed by atoms with Crippen molar-refractivity contribution in [1.29, 1.82) is 0 Å². The second kappa shape index (κ2) is 9.06. The molecule has 1 aliphatic heterocycles. The first kappa shape index (κ1) is 17.1. The van der Waals surface area contributed by atoms with Crippen molar-refractivity contribution < 1.29 is 34.6 Å². The molecule has 4 N–H and O–H groups in total. The average Bonchev–Trinajstić information content (AvgIpc) is 2.46. The SMILES string of the molecule is [N-]=[N+]=NCCOCCO[C@H]1OC(CO)[C@@H](O)[C@@H](O)C1O. The zero-order chi connectivity index (χ0) is 15.0. The van der Waals surface area contributed by atoms with E-state index in [1.54, 1.807) is 0 Å². The summed E-state index contributed by atoms with van der Waals surface area (Å²) >= 11 is 0. The van der Waals surface area contributed by atoms with Gasteiger partial charge in [0.2, 0.25) is 0 Å². The maximum atomic E-state index is 9.66. The van der Waals surface area contributed by atoms with Crippen LogP contribution in [0, 0.1) is 0 Å². The van der Waals surface area contributed by atoms with E-state index in [4.69, 9.17) is 24.8 Å². The molecule has 20 heavy (non-hydrogen) atoms. The van der Waals surface area contributed by atoms with Gasteiger partial charge in [0.05, 0.1) is 26.4 Å². The number of azide groups is 1. The molecule has 5 atom stereocenters. The molecule has 10 heteroatoms. The summed E-state index contributed by atoms with van der Waals surface area (Å²) < 4.78 is 15.4. The summed E-state index contributed by atoms with van der Waals surface area (Å²) in [6.07, 6.45) is -6.45. The predicted molar refractivity (Wildman–Crippen MR) is 64.6 cm³/mol. The van der Waals surface area contributed by atoms with E-state index in [-0.39, 0.29) is 26.4 Å². The Morgan fingerprint density at radius 1 is 1.10 bits per heavy atom. The largest absolute Gasteiger partial charge is 0.394 e. The highest BCUT2D eigenvalue weighted by molar-refractivity contribution is 4.88. The van der Waals surface area contributed by atoms with Crippen molar-refractivity contribution in [2.45, 2.75) is 30.7 Å². The van der Waals surface area contributed by atoms with E-state index in [0.717, 1.165) is 0 Å². The fourth-order valence-electron chi connectivity index (χ4n) is 1.68. The number of aliphatic hydroxyl groups is 4. The van der Waals surface area contributed by atoms with E-state index in [1.165, 1.54) is 0 Å². The van der Waals surface area contributed by atoms with Crippen molar-refractivity contribution in [3.63, 3.8) is 0 Å². The summed E-state index contributed by atoms with van der Waals surface area (Å²) in [6, 6.07) is 0. The van der Waals surface area contributed by atoms with E-state index in [9.17, 15) is 15.3 Å². The quantitative estimate of drug-likeness (QED) is 0.177. The van der Waals surface area contributed by atoms with Gasteiger partial charge in [-0.3, -0.25) is 0 Å². The second-order valence-electron chi connectivity index (χ2n) is 4.13. The third-order valence-corrected chi connectivity index (χ3v) is 2.76. The number of rotatable bonds is 8. The fraction of sp³-hybridized carbons (Fsp3) is 1.00. The van der Waals surface area contributed by atoms with Crippen LogP contribution in [0.2, 0.25) is 0 Å². The molecule has 0 aromatic heterocycles. The van der Waals surface area contributed by atoms with Gasteiger partial charge in [0, 0.05) is 11.5 Å². The van der Waals surface area contributed by atoms with E-state index < -0.39 is 37.3 Å². The monoisotopic (exact) mass is 293 g/mol. The first-order chi connectivity index (χ1) is 9.61. The van der Waals surface area contributed by atoms with Gasteiger partial charge in [0.25, 0.3) is 0 Å². The highest BCUT2D eigenvalue weighted by Crippen LogP contribution is 2.21. The van der Waals surface area contributed by atoms with Gasteiger partial charge in [0.15, 0.2) is 6.29 Å². The van der Waals surface area contributed by atoms with Crippen LogP contribution in [0.3, 0.4) is 0 Å². The summed E-state index contributed by atoms with van der Waals surface area (Å²) in [5, 5.41) is 41.0. The van der Waals surface area contributed by atoms with Crippen LogP contribution in [0.1, 0.15) is 0 Å². The topological polar surface area (TPSA) is 157 Å². The zero-order valence-electron chi connectivity index (χ0n) is 10.8. The number of hydrogen-bond donors (Lipinski definition) is 4. The van der Waals surface area contributed by atoms with E-state index >= 15 is 0 Å². The molecule has 1 fully saturated rings. The molecule has 0 bridgehead atoms. The Labute approximate surface area is 115 Å². The molecule has 1 rings (SSSR count). The van der Waals surface area contributed by atoms with Gasteiger partial charge in [0.1, 0.15) is 24.4 Å². The van der Waals surface area contributed by atoms with Crippen LogP contribution in [0.5, 0.6) is 0 Å². The number of ether oxygens (including phenoxy) is 3. The minimum absolute atomic E-state index is 0.0684. The Kier molecular flexibility index (Phi) is 7.73. The molecule has 0 aromatic rings. The second-order valence-corrected chi connectivity index (χ2v) is 4.13. The van der Waals surface area contributed by atoms with Gasteiger partial charge < -0.3 is 34.6 Å². The van der Waals surface area contributed by atoms with E-state index in [0.29, 0.717) is 0 Å². The average molecular weight is 293 g/mol. The van der Waals surface area contributed by atoms with Gasteiger partial charge >= 0.3 is 0 Å². The lowest BCUT2D eigenvalue weighted by Crippen LogP contribution is -2.59. The third kappa shape index (κ3) is 4.85. The van der Waals surface area contributed by atoms with Crippen molar-refractivity contribution in [2.75, 3.05) is 33.0 Å². The minimum Gasteiger partial charge on any atom is -0.394 e. The lowest BCUT2D eigenvalue weighted by Gasteiger charge is -2.39. The summed E-state index contributed by atoms with van der Waals surface area (Å²) in [7, 11) is 0. The lowest BCUT2D eigenvalue weighted by molar-refractivity contribution is -0.302. The molecule has 116 valence electrons. The molecular formula is C10H19N3O7. The fourth-order valence-corrected chi connectivity index (χ4v) is 1.68. The van der Waals surface area contributed by atoms with Gasteiger partial charge in [-0.2, -0.15) is 0 Å². The van der Waals surface area contributed by atoms with Crippen LogP contribution in [0.4, 0.5) is 0 Å². The van der Waals surface area contributed by atoms with E-state index in [1.807, 2.05) is 0 Å². The van der Waals surface area contributed by atoms with Crippen molar-refractivity contribution in [2.24, 2.45) is 5.11 Å². The van der Waals surface area contributed by atoms with Gasteiger partial charge in [-0.15, -0.1) is 0 Å². The summed E-state index contributed by atoms with van der Waals surface area (Å²) in [5.74, 6) is 0. The van der Waals surface area contributed by atoms with Crippen molar-refractivity contribution in [3.05, 3.63) is 10.4 Å². The number of nitrogens with zero attached hydrogens (tertiary/aromatic N) is 3. The normalized spacial score (nSPS) is 33.7. The molecule has 0 saturated carbocycles. The van der Waals surface area contributed by atoms with Crippen LogP contribution in [0.25, 0.3) is 10.4 Å². The van der Waals surface area contributed by atoms with Crippen LogP contribution >= 0.6 is 0 Å². The standard InChI is InChI=1S/C10H19N3O7/c11-13-12-1-2-18-3-4-19-10-9(17)8(16)7(15)6(5-14)20-10/h6-10,14-17H,1-5H2/t6?,7-,8-,9?,10+/m1/s1. The Hall–Kier alpha value is -0.970. The molecule has 0 radical (unpaired) electrons. The lowest BCUT2D eigenvalue weighted by atomic mass is 9.99. The summed E-state index contributed by atoms with van der Waals surface area (Å²) in [6.45, 7) is 0.182. The van der Waals surface area contributed by atoms with Gasteiger partial charge in [-0.05, 0) is 5.53 Å². The Morgan fingerprint density at radius 2 is 1.85 bits per heavy atom. The van der Waals surface area contributed by atoms with Crippen LogP contribution in [0.15, 0.2) is 5.11 Å².